The Hall–Kier alpha value is -2.04. The van der Waals surface area contributed by atoms with E-state index in [1.54, 1.807) is 28.0 Å². The molecular weight excluding hydrogens is 371 g/mol. The number of aryl methyl sites for hydroxylation is 2. The second-order valence-electron chi connectivity index (χ2n) is 6.53. The van der Waals surface area contributed by atoms with E-state index in [4.69, 9.17) is 23.2 Å². The molecule has 3 rings (SSSR count). The second kappa shape index (κ2) is 7.68. The molecule has 0 unspecified atom stereocenters. The summed E-state index contributed by atoms with van der Waals surface area (Å²) in [6, 6.07) is 10.7. The highest BCUT2D eigenvalue weighted by molar-refractivity contribution is 6.36. The molecule has 136 valence electrons. The van der Waals surface area contributed by atoms with E-state index in [0.29, 0.717) is 41.8 Å². The second-order valence-corrected chi connectivity index (χ2v) is 7.37. The van der Waals surface area contributed by atoms with Gasteiger partial charge in [0.25, 0.3) is 11.8 Å². The Morgan fingerprint density at radius 2 is 1.38 bits per heavy atom. The molecule has 0 aliphatic carbocycles. The van der Waals surface area contributed by atoms with Crippen LogP contribution in [0.5, 0.6) is 0 Å². The van der Waals surface area contributed by atoms with E-state index in [1.807, 2.05) is 32.0 Å². The van der Waals surface area contributed by atoms with Gasteiger partial charge in [-0.05, 0) is 43.7 Å². The average molecular weight is 391 g/mol. The van der Waals surface area contributed by atoms with E-state index in [0.717, 1.165) is 16.7 Å². The third kappa shape index (κ3) is 3.87. The van der Waals surface area contributed by atoms with Crippen molar-refractivity contribution in [2.24, 2.45) is 0 Å². The fourth-order valence-electron chi connectivity index (χ4n) is 3.08. The smallest absolute Gasteiger partial charge is 0.255 e. The minimum Gasteiger partial charge on any atom is -0.335 e. The van der Waals surface area contributed by atoms with E-state index < -0.39 is 0 Å². The van der Waals surface area contributed by atoms with Crippen LogP contribution in [0.25, 0.3) is 0 Å². The lowest BCUT2D eigenvalue weighted by Crippen LogP contribution is -2.50. The van der Waals surface area contributed by atoms with Crippen molar-refractivity contribution in [2.45, 2.75) is 13.8 Å². The van der Waals surface area contributed by atoms with Gasteiger partial charge >= 0.3 is 0 Å². The van der Waals surface area contributed by atoms with Crippen molar-refractivity contribution in [1.29, 1.82) is 0 Å². The Bertz CT molecular complexity index is 859. The molecule has 2 amide bonds. The number of carbonyl (C=O) groups excluding carboxylic acids is 2. The Balaban J connectivity index is 1.68. The molecule has 0 aromatic heterocycles. The van der Waals surface area contributed by atoms with Crippen LogP contribution in [0.1, 0.15) is 31.8 Å². The lowest BCUT2D eigenvalue weighted by Gasteiger charge is -2.35. The van der Waals surface area contributed by atoms with Gasteiger partial charge in [-0.15, -0.1) is 0 Å². The maximum Gasteiger partial charge on any atom is 0.255 e. The van der Waals surface area contributed by atoms with Crippen molar-refractivity contribution in [3.63, 3.8) is 0 Å². The molecule has 0 radical (unpaired) electrons. The number of hydrogen-bond acceptors (Lipinski definition) is 2. The average Bonchev–Trinajstić information content (AvgIpc) is 2.63. The number of nitrogens with zero attached hydrogens (tertiary/aromatic N) is 2. The molecule has 0 saturated carbocycles. The lowest BCUT2D eigenvalue weighted by atomic mass is 10.0. The van der Waals surface area contributed by atoms with Crippen molar-refractivity contribution in [3.8, 4) is 0 Å². The van der Waals surface area contributed by atoms with Crippen molar-refractivity contribution in [1.82, 2.24) is 9.80 Å². The molecule has 0 atom stereocenters. The summed E-state index contributed by atoms with van der Waals surface area (Å²) in [5, 5.41) is 0.840. The molecule has 1 aliphatic rings. The molecule has 4 nitrogen and oxygen atoms in total. The summed E-state index contributed by atoms with van der Waals surface area (Å²) in [5.74, 6) is -0.117. The zero-order chi connectivity index (χ0) is 18.8. The summed E-state index contributed by atoms with van der Waals surface area (Å²) in [7, 11) is 0. The van der Waals surface area contributed by atoms with Gasteiger partial charge in [-0.25, -0.2) is 0 Å². The molecular formula is C20H20Cl2N2O2. The molecule has 1 heterocycles. The molecule has 1 fully saturated rings. The van der Waals surface area contributed by atoms with E-state index in [-0.39, 0.29) is 11.8 Å². The maximum atomic E-state index is 12.8. The van der Waals surface area contributed by atoms with Gasteiger partial charge in [0.05, 0.1) is 10.6 Å². The minimum absolute atomic E-state index is 0.0165. The van der Waals surface area contributed by atoms with Gasteiger partial charge in [0.2, 0.25) is 0 Å². The highest BCUT2D eigenvalue weighted by Gasteiger charge is 2.27. The van der Waals surface area contributed by atoms with Crippen LogP contribution in [0.3, 0.4) is 0 Å². The molecule has 0 N–H and O–H groups in total. The summed E-state index contributed by atoms with van der Waals surface area (Å²) in [4.78, 5) is 29.0. The van der Waals surface area contributed by atoms with Gasteiger partial charge < -0.3 is 9.80 Å². The van der Waals surface area contributed by atoms with Crippen LogP contribution in [-0.2, 0) is 0 Å². The lowest BCUT2D eigenvalue weighted by molar-refractivity contribution is 0.0535. The Labute approximate surface area is 163 Å². The van der Waals surface area contributed by atoms with E-state index in [9.17, 15) is 9.59 Å². The first-order valence-electron chi connectivity index (χ1n) is 8.47. The fourth-order valence-corrected chi connectivity index (χ4v) is 3.57. The number of piperazine rings is 1. The maximum absolute atomic E-state index is 12.8. The fraction of sp³-hybridized carbons (Fsp3) is 0.300. The molecule has 1 saturated heterocycles. The number of hydrogen-bond donors (Lipinski definition) is 0. The minimum atomic E-state index is -0.134. The van der Waals surface area contributed by atoms with Crippen LogP contribution < -0.4 is 0 Å². The third-order valence-corrected chi connectivity index (χ3v) is 5.19. The van der Waals surface area contributed by atoms with E-state index in [1.165, 1.54) is 0 Å². The van der Waals surface area contributed by atoms with Crippen LogP contribution in [-0.4, -0.2) is 47.8 Å². The Kier molecular flexibility index (Phi) is 5.54. The standard InChI is InChI=1S/C20H20Cl2N2O2/c1-13-3-4-14(2)17(11-13)20(26)24-9-7-23(8-10-24)19(25)16-6-5-15(21)12-18(16)22/h3-6,11-12H,7-10H2,1-2H3. The number of amides is 2. The predicted molar refractivity (Wildman–Crippen MR) is 104 cm³/mol. The normalized spacial score (nSPS) is 14.5. The quantitative estimate of drug-likeness (QED) is 0.770. The highest BCUT2D eigenvalue weighted by Crippen LogP contribution is 2.23. The van der Waals surface area contributed by atoms with Gasteiger partial charge in [-0.3, -0.25) is 9.59 Å². The van der Waals surface area contributed by atoms with E-state index in [2.05, 4.69) is 0 Å². The number of halogens is 2. The van der Waals surface area contributed by atoms with Gasteiger partial charge in [0.15, 0.2) is 0 Å². The Morgan fingerprint density at radius 3 is 1.96 bits per heavy atom. The highest BCUT2D eigenvalue weighted by atomic mass is 35.5. The molecule has 26 heavy (non-hydrogen) atoms. The predicted octanol–water partition coefficient (Wildman–Crippen LogP) is 4.21. The first-order chi connectivity index (χ1) is 12.4. The van der Waals surface area contributed by atoms with Crippen molar-refractivity contribution < 1.29 is 9.59 Å². The summed E-state index contributed by atoms with van der Waals surface area (Å²) in [5.41, 5.74) is 3.19. The van der Waals surface area contributed by atoms with Gasteiger partial charge in [0.1, 0.15) is 0 Å². The summed E-state index contributed by atoms with van der Waals surface area (Å²) in [6.07, 6.45) is 0. The summed E-state index contributed by atoms with van der Waals surface area (Å²) in [6.45, 7) is 5.88. The van der Waals surface area contributed by atoms with Crippen LogP contribution in [0.15, 0.2) is 36.4 Å². The first kappa shape index (κ1) is 18.7. The number of carbonyl (C=O) groups is 2. The molecule has 6 heteroatoms. The Morgan fingerprint density at radius 1 is 0.808 bits per heavy atom. The van der Waals surface area contributed by atoms with Gasteiger partial charge in [-0.1, -0.05) is 40.9 Å². The van der Waals surface area contributed by atoms with Crippen molar-refractivity contribution in [2.75, 3.05) is 26.2 Å². The molecule has 0 bridgehead atoms. The topological polar surface area (TPSA) is 40.6 Å². The number of benzene rings is 2. The molecule has 2 aromatic rings. The monoisotopic (exact) mass is 390 g/mol. The van der Waals surface area contributed by atoms with Crippen LogP contribution in [0.4, 0.5) is 0 Å². The van der Waals surface area contributed by atoms with Crippen molar-refractivity contribution in [3.05, 3.63) is 68.7 Å². The summed E-state index contributed by atoms with van der Waals surface area (Å²) < 4.78 is 0. The molecule has 1 aliphatic heterocycles. The summed E-state index contributed by atoms with van der Waals surface area (Å²) >= 11 is 12.0. The zero-order valence-electron chi connectivity index (χ0n) is 14.8. The van der Waals surface area contributed by atoms with Gasteiger partial charge in [-0.2, -0.15) is 0 Å². The largest absolute Gasteiger partial charge is 0.335 e. The SMILES string of the molecule is Cc1ccc(C)c(C(=O)N2CCN(C(=O)c3ccc(Cl)cc3Cl)CC2)c1. The van der Waals surface area contributed by atoms with Crippen LogP contribution in [0.2, 0.25) is 10.0 Å². The molecule has 0 spiro atoms. The van der Waals surface area contributed by atoms with Crippen LogP contribution >= 0.6 is 23.2 Å². The van der Waals surface area contributed by atoms with Crippen molar-refractivity contribution >= 4 is 35.0 Å². The molecule has 2 aromatic carbocycles. The first-order valence-corrected chi connectivity index (χ1v) is 9.23. The van der Waals surface area contributed by atoms with Crippen LogP contribution in [0, 0.1) is 13.8 Å². The van der Waals surface area contributed by atoms with Gasteiger partial charge in [0, 0.05) is 36.8 Å². The third-order valence-electron chi connectivity index (χ3n) is 4.64. The van der Waals surface area contributed by atoms with E-state index >= 15 is 0 Å². The zero-order valence-corrected chi connectivity index (χ0v) is 16.3. The number of rotatable bonds is 2.